The number of carbonyl (C=O) groups is 3. The molecule has 2 aliphatic heterocycles. The fourth-order valence-electron chi connectivity index (χ4n) is 4.23. The molecule has 2 aromatic carbocycles. The second kappa shape index (κ2) is 9.40. The van der Waals surface area contributed by atoms with Gasteiger partial charge in [-0.2, -0.15) is 0 Å². The predicted octanol–water partition coefficient (Wildman–Crippen LogP) is 2.33. The molecule has 2 aliphatic rings. The van der Waals surface area contributed by atoms with E-state index in [0.717, 1.165) is 24.5 Å². The van der Waals surface area contributed by atoms with Crippen LogP contribution in [-0.2, 0) is 14.3 Å². The van der Waals surface area contributed by atoms with Crippen molar-refractivity contribution in [1.82, 2.24) is 4.90 Å². The molecule has 0 spiro atoms. The Bertz CT molecular complexity index is 999. The zero-order valence-corrected chi connectivity index (χ0v) is 18.3. The molecule has 2 heterocycles. The second-order valence-corrected chi connectivity index (χ2v) is 7.78. The van der Waals surface area contributed by atoms with Crippen LogP contribution in [0.1, 0.15) is 23.7 Å². The number of nitrogens with zero attached hydrogens (tertiary/aromatic N) is 3. The van der Waals surface area contributed by atoms with Crippen molar-refractivity contribution in [1.29, 1.82) is 0 Å². The molecular formula is C24H27N3O5. The summed E-state index contributed by atoms with van der Waals surface area (Å²) in [5.74, 6) is -0.0520. The standard InChI is InChI=1S/C24H27N3O5/c1-3-32-24(30)17-7-9-18(10-8-17)27-22(28)16-21(23(27)29)26-13-11-25(12-14-26)19-5-4-6-20(15-19)31-2/h4-10,15,21H,3,11-14,16H2,1-2H3. The summed E-state index contributed by atoms with van der Waals surface area (Å²) >= 11 is 0. The summed E-state index contributed by atoms with van der Waals surface area (Å²) in [4.78, 5) is 43.2. The molecule has 1 unspecified atom stereocenters. The predicted molar refractivity (Wildman–Crippen MR) is 120 cm³/mol. The lowest BCUT2D eigenvalue weighted by Gasteiger charge is -2.38. The van der Waals surface area contributed by atoms with E-state index >= 15 is 0 Å². The lowest BCUT2D eigenvalue weighted by Crippen LogP contribution is -2.52. The van der Waals surface area contributed by atoms with Crippen LogP contribution in [0.15, 0.2) is 48.5 Å². The quantitative estimate of drug-likeness (QED) is 0.507. The van der Waals surface area contributed by atoms with E-state index in [4.69, 9.17) is 9.47 Å². The normalized spacial score (nSPS) is 19.4. The number of imide groups is 1. The first-order valence-electron chi connectivity index (χ1n) is 10.8. The monoisotopic (exact) mass is 437 g/mol. The van der Waals surface area contributed by atoms with Crippen LogP contribution in [0.25, 0.3) is 0 Å². The maximum atomic E-state index is 13.1. The van der Waals surface area contributed by atoms with Gasteiger partial charge < -0.3 is 14.4 Å². The molecule has 0 bridgehead atoms. The van der Waals surface area contributed by atoms with E-state index in [0.29, 0.717) is 24.3 Å². The first kappa shape index (κ1) is 21.8. The smallest absolute Gasteiger partial charge is 0.338 e. The van der Waals surface area contributed by atoms with Gasteiger partial charge in [-0.25, -0.2) is 9.69 Å². The van der Waals surface area contributed by atoms with Crippen molar-refractivity contribution in [2.75, 3.05) is 49.7 Å². The van der Waals surface area contributed by atoms with Crippen LogP contribution in [0.3, 0.4) is 0 Å². The molecule has 4 rings (SSSR count). The van der Waals surface area contributed by atoms with E-state index in [1.807, 2.05) is 24.3 Å². The highest BCUT2D eigenvalue weighted by Gasteiger charge is 2.43. The molecule has 8 nitrogen and oxygen atoms in total. The minimum absolute atomic E-state index is 0.164. The number of esters is 1. The Kier molecular flexibility index (Phi) is 6.41. The van der Waals surface area contributed by atoms with E-state index in [1.54, 1.807) is 38.3 Å². The molecule has 2 aromatic rings. The summed E-state index contributed by atoms with van der Waals surface area (Å²) in [5.41, 5.74) is 1.95. The maximum Gasteiger partial charge on any atom is 0.338 e. The molecule has 0 radical (unpaired) electrons. The Balaban J connectivity index is 1.40. The number of benzene rings is 2. The Morgan fingerprint density at radius 2 is 1.72 bits per heavy atom. The minimum atomic E-state index is -0.459. The molecule has 32 heavy (non-hydrogen) atoms. The Hall–Kier alpha value is -3.39. The number of hydrogen-bond acceptors (Lipinski definition) is 7. The van der Waals surface area contributed by atoms with E-state index in [1.165, 1.54) is 4.90 Å². The molecule has 2 amide bonds. The minimum Gasteiger partial charge on any atom is -0.497 e. The summed E-state index contributed by atoms with van der Waals surface area (Å²) in [6.45, 7) is 4.94. The summed E-state index contributed by atoms with van der Waals surface area (Å²) in [7, 11) is 1.65. The molecule has 168 valence electrons. The average Bonchev–Trinajstić information content (AvgIpc) is 3.13. The highest BCUT2D eigenvalue weighted by atomic mass is 16.5. The van der Waals surface area contributed by atoms with Gasteiger partial charge in [0.2, 0.25) is 5.91 Å². The highest BCUT2D eigenvalue weighted by molar-refractivity contribution is 6.22. The van der Waals surface area contributed by atoms with Crippen LogP contribution < -0.4 is 14.5 Å². The van der Waals surface area contributed by atoms with Crippen LogP contribution in [0.2, 0.25) is 0 Å². The fourth-order valence-corrected chi connectivity index (χ4v) is 4.23. The van der Waals surface area contributed by atoms with E-state index in [-0.39, 0.29) is 24.8 Å². The topological polar surface area (TPSA) is 79.4 Å². The first-order chi connectivity index (χ1) is 15.5. The number of piperazine rings is 1. The SMILES string of the molecule is CCOC(=O)c1ccc(N2C(=O)CC(N3CCN(c4cccc(OC)c4)CC3)C2=O)cc1. The fraction of sp³-hybridized carbons (Fsp3) is 0.375. The zero-order chi connectivity index (χ0) is 22.7. The molecule has 1 atom stereocenters. The van der Waals surface area contributed by atoms with Gasteiger partial charge in [0, 0.05) is 37.9 Å². The van der Waals surface area contributed by atoms with E-state index < -0.39 is 12.0 Å². The lowest BCUT2D eigenvalue weighted by molar-refractivity contribution is -0.123. The van der Waals surface area contributed by atoms with Gasteiger partial charge in [-0.05, 0) is 43.3 Å². The van der Waals surface area contributed by atoms with Gasteiger partial charge in [-0.15, -0.1) is 0 Å². The van der Waals surface area contributed by atoms with Crippen LogP contribution in [0.4, 0.5) is 11.4 Å². The number of carbonyl (C=O) groups excluding carboxylic acids is 3. The van der Waals surface area contributed by atoms with Crippen molar-refractivity contribution in [2.45, 2.75) is 19.4 Å². The summed E-state index contributed by atoms with van der Waals surface area (Å²) < 4.78 is 10.3. The van der Waals surface area contributed by atoms with Gasteiger partial charge in [0.15, 0.2) is 0 Å². The van der Waals surface area contributed by atoms with E-state index in [2.05, 4.69) is 9.80 Å². The van der Waals surface area contributed by atoms with Crippen LogP contribution in [0, 0.1) is 0 Å². The van der Waals surface area contributed by atoms with Crippen LogP contribution in [-0.4, -0.2) is 68.6 Å². The number of hydrogen-bond donors (Lipinski definition) is 0. The van der Waals surface area contributed by atoms with Crippen molar-refractivity contribution < 1.29 is 23.9 Å². The third-order valence-corrected chi connectivity index (χ3v) is 5.93. The molecule has 2 saturated heterocycles. The van der Waals surface area contributed by atoms with Crippen molar-refractivity contribution in [2.24, 2.45) is 0 Å². The largest absolute Gasteiger partial charge is 0.497 e. The molecule has 2 fully saturated rings. The van der Waals surface area contributed by atoms with E-state index in [9.17, 15) is 14.4 Å². The number of methoxy groups -OCH3 is 1. The molecule has 0 aliphatic carbocycles. The number of amides is 2. The van der Waals surface area contributed by atoms with Gasteiger partial charge in [0.05, 0.1) is 37.4 Å². The third-order valence-electron chi connectivity index (χ3n) is 5.93. The van der Waals surface area contributed by atoms with Crippen LogP contribution in [0.5, 0.6) is 5.75 Å². The zero-order valence-electron chi connectivity index (χ0n) is 18.3. The molecule has 8 heteroatoms. The number of ether oxygens (including phenoxy) is 2. The molecule has 0 N–H and O–H groups in total. The third kappa shape index (κ3) is 4.31. The lowest BCUT2D eigenvalue weighted by atomic mass is 10.1. The second-order valence-electron chi connectivity index (χ2n) is 7.78. The Morgan fingerprint density at radius 3 is 2.38 bits per heavy atom. The van der Waals surface area contributed by atoms with Crippen LogP contribution >= 0.6 is 0 Å². The number of anilines is 2. The average molecular weight is 437 g/mol. The summed E-state index contributed by atoms with van der Waals surface area (Å²) in [5, 5.41) is 0. The highest BCUT2D eigenvalue weighted by Crippen LogP contribution is 2.28. The van der Waals surface area contributed by atoms with Gasteiger partial charge in [-0.3, -0.25) is 14.5 Å². The van der Waals surface area contributed by atoms with Gasteiger partial charge >= 0.3 is 5.97 Å². The molecule has 0 saturated carbocycles. The number of rotatable bonds is 6. The van der Waals surface area contributed by atoms with Gasteiger partial charge in [-0.1, -0.05) is 6.07 Å². The summed E-state index contributed by atoms with van der Waals surface area (Å²) in [6.07, 6.45) is 0.164. The van der Waals surface area contributed by atoms with Crippen molar-refractivity contribution in [3.05, 3.63) is 54.1 Å². The van der Waals surface area contributed by atoms with Crippen molar-refractivity contribution in [3.63, 3.8) is 0 Å². The molecule has 0 aromatic heterocycles. The molecular weight excluding hydrogens is 410 g/mol. The maximum absolute atomic E-state index is 13.1. The first-order valence-corrected chi connectivity index (χ1v) is 10.8. The Labute approximate surface area is 187 Å². The van der Waals surface area contributed by atoms with Crippen molar-refractivity contribution >= 4 is 29.2 Å². The van der Waals surface area contributed by atoms with Gasteiger partial charge in [0.1, 0.15) is 5.75 Å². The summed E-state index contributed by atoms with van der Waals surface area (Å²) in [6, 6.07) is 13.9. The van der Waals surface area contributed by atoms with Gasteiger partial charge in [0.25, 0.3) is 5.91 Å². The Morgan fingerprint density at radius 1 is 1.00 bits per heavy atom. The van der Waals surface area contributed by atoms with Crippen molar-refractivity contribution in [3.8, 4) is 5.75 Å².